The number of hydrogen-bond donors (Lipinski definition) is 0. The normalized spacial score (nSPS) is 10.8. The van der Waals surface area contributed by atoms with E-state index in [0.29, 0.717) is 11.4 Å². The van der Waals surface area contributed by atoms with Gasteiger partial charge in [-0.25, -0.2) is 9.97 Å². The van der Waals surface area contributed by atoms with E-state index in [1.807, 2.05) is 30.7 Å². The van der Waals surface area contributed by atoms with Crippen molar-refractivity contribution in [1.29, 1.82) is 0 Å². The van der Waals surface area contributed by atoms with Crippen LogP contribution in [0.2, 0.25) is 0 Å². The van der Waals surface area contributed by atoms with Crippen LogP contribution in [-0.4, -0.2) is 25.8 Å². The molecule has 0 amide bonds. The second-order valence-electron chi connectivity index (χ2n) is 4.37. The molecule has 5 heteroatoms. The maximum Gasteiger partial charge on any atom is 0.152 e. The lowest BCUT2D eigenvalue weighted by atomic mass is 10.1. The number of carbonyl (C=O) groups is 1. The van der Waals surface area contributed by atoms with Gasteiger partial charge in [0.15, 0.2) is 6.29 Å². The Morgan fingerprint density at radius 1 is 1.21 bits per heavy atom. The van der Waals surface area contributed by atoms with Gasteiger partial charge >= 0.3 is 0 Å². The van der Waals surface area contributed by atoms with Crippen LogP contribution >= 0.6 is 0 Å². The van der Waals surface area contributed by atoms with E-state index in [9.17, 15) is 4.79 Å². The minimum Gasteiger partial charge on any atom is -0.335 e. The number of hydrogen-bond acceptors (Lipinski definition) is 4. The van der Waals surface area contributed by atoms with E-state index in [0.717, 1.165) is 28.6 Å². The highest BCUT2D eigenvalue weighted by atomic mass is 16.1. The number of fused-ring (bicyclic) bond motifs is 1. The molecule has 0 atom stereocenters. The Morgan fingerprint density at radius 2 is 1.95 bits per heavy atom. The third-order valence-corrected chi connectivity index (χ3v) is 3.04. The highest BCUT2D eigenvalue weighted by molar-refractivity contribution is 6.03. The van der Waals surface area contributed by atoms with Crippen molar-refractivity contribution in [2.45, 2.75) is 6.92 Å². The lowest BCUT2D eigenvalue weighted by Gasteiger charge is -2.05. The molecule has 0 aliphatic heterocycles. The quantitative estimate of drug-likeness (QED) is 0.656. The van der Waals surface area contributed by atoms with Gasteiger partial charge in [0.2, 0.25) is 0 Å². The van der Waals surface area contributed by atoms with Crippen molar-refractivity contribution in [1.82, 2.24) is 19.5 Å². The van der Waals surface area contributed by atoms with Crippen LogP contribution in [0.3, 0.4) is 0 Å². The summed E-state index contributed by atoms with van der Waals surface area (Å²) in [5.74, 6) is 0.679. The van der Waals surface area contributed by atoms with E-state index in [1.54, 1.807) is 18.6 Å². The van der Waals surface area contributed by atoms with E-state index in [-0.39, 0.29) is 0 Å². The lowest BCUT2D eigenvalue weighted by molar-refractivity contribution is 0.112. The first-order chi connectivity index (χ1) is 9.20. The van der Waals surface area contributed by atoms with Crippen LogP contribution in [0.5, 0.6) is 0 Å². The summed E-state index contributed by atoms with van der Waals surface area (Å²) in [7, 11) is 1.87. The zero-order valence-electron chi connectivity index (χ0n) is 10.7. The molecule has 0 bridgehead atoms. The van der Waals surface area contributed by atoms with Crippen LogP contribution in [0.15, 0.2) is 30.7 Å². The van der Waals surface area contributed by atoms with Crippen molar-refractivity contribution in [3.8, 4) is 11.3 Å². The predicted octanol–water partition coefficient (Wildman–Crippen LogP) is 2.15. The van der Waals surface area contributed by atoms with Crippen molar-refractivity contribution in [3.05, 3.63) is 42.1 Å². The summed E-state index contributed by atoms with van der Waals surface area (Å²) in [6, 6.07) is 3.76. The Kier molecular flexibility index (Phi) is 2.59. The number of pyridine rings is 1. The molecular formula is C14H12N4O. The Hall–Kier alpha value is -2.56. The van der Waals surface area contributed by atoms with Crippen LogP contribution < -0.4 is 0 Å². The summed E-state index contributed by atoms with van der Waals surface area (Å²) in [5.41, 5.74) is 3.07. The fraction of sp³-hybridized carbons (Fsp3) is 0.143. The van der Waals surface area contributed by atoms with Gasteiger partial charge in [0.1, 0.15) is 11.5 Å². The van der Waals surface area contributed by atoms with E-state index in [2.05, 4.69) is 15.0 Å². The highest BCUT2D eigenvalue weighted by Gasteiger charge is 2.15. The highest BCUT2D eigenvalue weighted by Crippen LogP contribution is 2.28. The first-order valence-corrected chi connectivity index (χ1v) is 5.90. The number of aryl methyl sites for hydroxylation is 2. The molecule has 5 nitrogen and oxygen atoms in total. The smallest absolute Gasteiger partial charge is 0.152 e. The summed E-state index contributed by atoms with van der Waals surface area (Å²) in [4.78, 5) is 24.1. The molecule has 3 aromatic rings. The number of carbonyl (C=O) groups excluding carboxylic acids is 1. The Labute approximate surface area is 110 Å². The molecule has 0 unspecified atom stereocenters. The predicted molar refractivity (Wildman–Crippen MR) is 71.9 cm³/mol. The van der Waals surface area contributed by atoms with Gasteiger partial charge in [0.25, 0.3) is 0 Å². The SMILES string of the molecule is Cc1nc(-c2ccncc2)c2c(C=O)cn(C)c2n1. The van der Waals surface area contributed by atoms with E-state index in [1.165, 1.54) is 0 Å². The Bertz CT molecular complexity index is 762. The number of rotatable bonds is 2. The topological polar surface area (TPSA) is 60.7 Å². The summed E-state index contributed by atoms with van der Waals surface area (Å²) in [6.07, 6.45) is 6.03. The fourth-order valence-electron chi connectivity index (χ4n) is 2.22. The number of aldehydes is 1. The summed E-state index contributed by atoms with van der Waals surface area (Å²) < 4.78 is 1.85. The summed E-state index contributed by atoms with van der Waals surface area (Å²) >= 11 is 0. The van der Waals surface area contributed by atoms with Gasteiger partial charge in [0, 0.05) is 36.8 Å². The second kappa shape index (κ2) is 4.28. The zero-order chi connectivity index (χ0) is 13.4. The molecule has 0 saturated carbocycles. The van der Waals surface area contributed by atoms with E-state index in [4.69, 9.17) is 0 Å². The van der Waals surface area contributed by atoms with Crippen molar-refractivity contribution in [2.75, 3.05) is 0 Å². The van der Waals surface area contributed by atoms with Crippen LogP contribution in [0.4, 0.5) is 0 Å². The molecule has 3 aromatic heterocycles. The third-order valence-electron chi connectivity index (χ3n) is 3.04. The molecule has 3 heterocycles. The monoisotopic (exact) mass is 252 g/mol. The van der Waals surface area contributed by atoms with Crippen molar-refractivity contribution < 1.29 is 4.79 Å². The van der Waals surface area contributed by atoms with Crippen LogP contribution in [0, 0.1) is 6.92 Å². The van der Waals surface area contributed by atoms with Crippen LogP contribution in [0.1, 0.15) is 16.2 Å². The van der Waals surface area contributed by atoms with Gasteiger partial charge in [0.05, 0.1) is 11.1 Å². The van der Waals surface area contributed by atoms with Gasteiger partial charge in [-0.2, -0.15) is 0 Å². The van der Waals surface area contributed by atoms with Crippen molar-refractivity contribution >= 4 is 17.3 Å². The van der Waals surface area contributed by atoms with Gasteiger partial charge < -0.3 is 4.57 Å². The van der Waals surface area contributed by atoms with Gasteiger partial charge in [-0.05, 0) is 19.1 Å². The molecule has 0 spiro atoms. The molecule has 0 aromatic carbocycles. The van der Waals surface area contributed by atoms with Gasteiger partial charge in [-0.3, -0.25) is 9.78 Å². The number of nitrogens with zero attached hydrogens (tertiary/aromatic N) is 4. The largest absolute Gasteiger partial charge is 0.335 e. The molecular weight excluding hydrogens is 240 g/mol. The molecule has 0 aliphatic rings. The minimum absolute atomic E-state index is 0.601. The van der Waals surface area contributed by atoms with Crippen LogP contribution in [-0.2, 0) is 7.05 Å². The Balaban J connectivity index is 2.44. The molecule has 0 radical (unpaired) electrons. The van der Waals surface area contributed by atoms with E-state index < -0.39 is 0 Å². The lowest BCUT2D eigenvalue weighted by Crippen LogP contribution is -1.96. The van der Waals surface area contributed by atoms with Gasteiger partial charge in [-0.15, -0.1) is 0 Å². The molecule has 0 fully saturated rings. The molecule has 3 rings (SSSR count). The maximum absolute atomic E-state index is 11.2. The summed E-state index contributed by atoms with van der Waals surface area (Å²) in [6.45, 7) is 1.84. The Morgan fingerprint density at radius 3 is 2.63 bits per heavy atom. The average molecular weight is 252 g/mol. The minimum atomic E-state index is 0.601. The van der Waals surface area contributed by atoms with E-state index >= 15 is 0 Å². The first-order valence-electron chi connectivity index (χ1n) is 5.90. The maximum atomic E-state index is 11.2. The summed E-state index contributed by atoms with van der Waals surface area (Å²) in [5, 5.41) is 0.786. The molecule has 0 aliphatic carbocycles. The van der Waals surface area contributed by atoms with Crippen molar-refractivity contribution in [3.63, 3.8) is 0 Å². The fourth-order valence-corrected chi connectivity index (χ4v) is 2.22. The standard InChI is InChI=1S/C14H12N4O/c1-9-16-13(10-3-5-15-6-4-10)12-11(8-19)7-18(2)14(12)17-9/h3-8H,1-2H3. The zero-order valence-corrected chi connectivity index (χ0v) is 10.7. The first kappa shape index (κ1) is 11.5. The second-order valence-corrected chi connectivity index (χ2v) is 4.37. The number of aromatic nitrogens is 4. The molecule has 94 valence electrons. The third kappa shape index (κ3) is 1.79. The molecule has 0 N–H and O–H groups in total. The van der Waals surface area contributed by atoms with Gasteiger partial charge in [-0.1, -0.05) is 0 Å². The average Bonchev–Trinajstić information content (AvgIpc) is 2.76. The molecule has 19 heavy (non-hydrogen) atoms. The van der Waals surface area contributed by atoms with Crippen molar-refractivity contribution in [2.24, 2.45) is 7.05 Å². The van der Waals surface area contributed by atoms with Crippen LogP contribution in [0.25, 0.3) is 22.3 Å². The molecule has 0 saturated heterocycles.